The Morgan fingerprint density at radius 2 is 0.963 bits per heavy atom. The molecule has 27 heavy (non-hydrogen) atoms. The molecule has 1 unspecified atom stereocenters. The maximum atomic E-state index is 10.6. The van der Waals surface area contributed by atoms with Gasteiger partial charge >= 0.3 is 0 Å². The SMILES string of the molecule is Oc1ccccc1-c1cccc2c1C(c1ccccc1O)c1ccccc1-2. The molecule has 0 radical (unpaired) electrons. The monoisotopic (exact) mass is 350 g/mol. The zero-order valence-electron chi connectivity index (χ0n) is 14.6. The maximum Gasteiger partial charge on any atom is 0.123 e. The van der Waals surface area contributed by atoms with Gasteiger partial charge in [-0.05, 0) is 39.9 Å². The van der Waals surface area contributed by atoms with Crippen molar-refractivity contribution < 1.29 is 10.2 Å². The number of phenols is 2. The molecule has 2 nitrogen and oxygen atoms in total. The highest BCUT2D eigenvalue weighted by Gasteiger charge is 2.33. The summed E-state index contributed by atoms with van der Waals surface area (Å²) >= 11 is 0. The van der Waals surface area contributed by atoms with Crippen molar-refractivity contribution in [1.82, 2.24) is 0 Å². The number of phenolic OH excluding ortho intramolecular Hbond substituents is 2. The summed E-state index contributed by atoms with van der Waals surface area (Å²) < 4.78 is 0. The summed E-state index contributed by atoms with van der Waals surface area (Å²) in [5, 5.41) is 21.1. The highest BCUT2D eigenvalue weighted by molar-refractivity contribution is 5.89. The maximum absolute atomic E-state index is 10.6. The minimum Gasteiger partial charge on any atom is -0.508 e. The predicted octanol–water partition coefficient (Wildman–Crippen LogP) is 5.93. The third-order valence-electron chi connectivity index (χ3n) is 5.40. The van der Waals surface area contributed by atoms with Crippen LogP contribution >= 0.6 is 0 Å². The number of benzene rings is 4. The highest BCUT2D eigenvalue weighted by Crippen LogP contribution is 2.53. The average molecular weight is 350 g/mol. The van der Waals surface area contributed by atoms with Crippen molar-refractivity contribution in [1.29, 1.82) is 0 Å². The molecule has 0 saturated heterocycles. The number of hydrogen-bond donors (Lipinski definition) is 2. The van der Waals surface area contributed by atoms with Crippen LogP contribution in [0.4, 0.5) is 0 Å². The lowest BCUT2D eigenvalue weighted by Crippen LogP contribution is -2.01. The van der Waals surface area contributed by atoms with Gasteiger partial charge in [0.25, 0.3) is 0 Å². The first-order valence-corrected chi connectivity index (χ1v) is 9.04. The molecular weight excluding hydrogens is 332 g/mol. The second kappa shape index (κ2) is 6.03. The molecule has 0 aromatic heterocycles. The van der Waals surface area contributed by atoms with Crippen molar-refractivity contribution in [3.05, 3.63) is 108 Å². The molecule has 0 aliphatic heterocycles. The number of hydrogen-bond acceptors (Lipinski definition) is 2. The Morgan fingerprint density at radius 3 is 1.67 bits per heavy atom. The third-order valence-corrected chi connectivity index (χ3v) is 5.40. The largest absolute Gasteiger partial charge is 0.508 e. The van der Waals surface area contributed by atoms with Crippen molar-refractivity contribution in [2.24, 2.45) is 0 Å². The summed E-state index contributed by atoms with van der Waals surface area (Å²) in [4.78, 5) is 0. The van der Waals surface area contributed by atoms with Gasteiger partial charge in [0.1, 0.15) is 11.5 Å². The standard InChI is InChI=1S/C25H18O2/c26-22-14-5-3-9-17(22)20-13-7-12-19-16-8-1-2-10-18(16)25(24(19)20)21-11-4-6-15-23(21)27/h1-15,25-27H. The molecule has 0 amide bonds. The Hall–Kier alpha value is -3.52. The second-order valence-corrected chi connectivity index (χ2v) is 6.86. The minimum atomic E-state index is -0.0757. The Morgan fingerprint density at radius 1 is 0.444 bits per heavy atom. The van der Waals surface area contributed by atoms with Gasteiger partial charge in [-0.1, -0.05) is 78.9 Å². The van der Waals surface area contributed by atoms with Gasteiger partial charge in [-0.15, -0.1) is 0 Å². The quantitative estimate of drug-likeness (QED) is 0.414. The topological polar surface area (TPSA) is 40.5 Å². The van der Waals surface area contributed by atoms with Gasteiger partial charge in [0.2, 0.25) is 0 Å². The Bertz CT molecular complexity index is 1160. The molecule has 130 valence electrons. The number of rotatable bonds is 2. The molecular formula is C25H18O2. The molecule has 1 aliphatic carbocycles. The molecule has 0 saturated carbocycles. The molecule has 2 heteroatoms. The summed E-state index contributed by atoms with van der Waals surface area (Å²) in [6.45, 7) is 0. The van der Waals surface area contributed by atoms with Gasteiger partial charge in [0, 0.05) is 17.0 Å². The number of para-hydroxylation sites is 2. The number of aromatic hydroxyl groups is 2. The average Bonchev–Trinajstić information content (AvgIpc) is 3.04. The lowest BCUT2D eigenvalue weighted by molar-refractivity contribution is 0.467. The zero-order valence-corrected chi connectivity index (χ0v) is 14.6. The van der Waals surface area contributed by atoms with Crippen LogP contribution in [-0.4, -0.2) is 10.2 Å². The summed E-state index contributed by atoms with van der Waals surface area (Å²) in [5.74, 6) is 0.475. The smallest absolute Gasteiger partial charge is 0.123 e. The van der Waals surface area contributed by atoms with Crippen LogP contribution in [0.1, 0.15) is 22.6 Å². The normalized spacial score (nSPS) is 14.6. The van der Waals surface area contributed by atoms with E-state index in [9.17, 15) is 10.2 Å². The van der Waals surface area contributed by atoms with Crippen molar-refractivity contribution in [3.63, 3.8) is 0 Å². The lowest BCUT2D eigenvalue weighted by atomic mass is 9.84. The van der Waals surface area contributed by atoms with Crippen LogP contribution in [0.25, 0.3) is 22.3 Å². The zero-order chi connectivity index (χ0) is 18.4. The highest BCUT2D eigenvalue weighted by atomic mass is 16.3. The van der Waals surface area contributed by atoms with E-state index in [2.05, 4.69) is 18.2 Å². The van der Waals surface area contributed by atoms with E-state index < -0.39 is 0 Å². The van der Waals surface area contributed by atoms with E-state index in [4.69, 9.17) is 0 Å². The van der Waals surface area contributed by atoms with Gasteiger partial charge in [0.05, 0.1) is 0 Å². The summed E-state index contributed by atoms with van der Waals surface area (Å²) in [6.07, 6.45) is 0. The first-order chi connectivity index (χ1) is 13.3. The van der Waals surface area contributed by atoms with E-state index in [0.717, 1.165) is 27.8 Å². The minimum absolute atomic E-state index is 0.0757. The number of fused-ring (bicyclic) bond motifs is 3. The van der Waals surface area contributed by atoms with E-state index in [0.29, 0.717) is 0 Å². The Kier molecular flexibility index (Phi) is 3.51. The van der Waals surface area contributed by atoms with E-state index in [-0.39, 0.29) is 17.4 Å². The Labute approximate surface area is 158 Å². The van der Waals surface area contributed by atoms with Gasteiger partial charge in [-0.3, -0.25) is 0 Å². The van der Waals surface area contributed by atoms with Crippen molar-refractivity contribution in [2.45, 2.75) is 5.92 Å². The van der Waals surface area contributed by atoms with E-state index in [1.54, 1.807) is 12.1 Å². The first kappa shape index (κ1) is 15.7. The first-order valence-electron chi connectivity index (χ1n) is 9.04. The van der Waals surface area contributed by atoms with Gasteiger partial charge in [-0.2, -0.15) is 0 Å². The molecule has 2 N–H and O–H groups in total. The van der Waals surface area contributed by atoms with Crippen LogP contribution in [0.3, 0.4) is 0 Å². The summed E-state index contributed by atoms with van der Waals surface area (Å²) in [5.41, 5.74) is 7.32. The molecule has 0 bridgehead atoms. The molecule has 4 aromatic rings. The van der Waals surface area contributed by atoms with Gasteiger partial charge < -0.3 is 10.2 Å². The fourth-order valence-electron chi connectivity index (χ4n) is 4.25. The van der Waals surface area contributed by atoms with E-state index in [1.165, 1.54) is 11.1 Å². The third kappa shape index (κ3) is 2.34. The van der Waals surface area contributed by atoms with Crippen molar-refractivity contribution in [2.75, 3.05) is 0 Å². The molecule has 0 spiro atoms. The molecule has 0 heterocycles. The summed E-state index contributed by atoms with van der Waals surface area (Å²) in [7, 11) is 0. The second-order valence-electron chi connectivity index (χ2n) is 6.86. The van der Waals surface area contributed by atoms with Crippen LogP contribution in [0.2, 0.25) is 0 Å². The molecule has 4 aromatic carbocycles. The van der Waals surface area contributed by atoms with Crippen molar-refractivity contribution >= 4 is 0 Å². The van der Waals surface area contributed by atoms with Gasteiger partial charge in [-0.25, -0.2) is 0 Å². The van der Waals surface area contributed by atoms with Crippen LogP contribution in [0, 0.1) is 0 Å². The fraction of sp³-hybridized carbons (Fsp3) is 0.0400. The van der Waals surface area contributed by atoms with Crippen LogP contribution in [0.15, 0.2) is 91.0 Å². The predicted molar refractivity (Wildman–Crippen MR) is 108 cm³/mol. The van der Waals surface area contributed by atoms with Crippen molar-refractivity contribution in [3.8, 4) is 33.8 Å². The molecule has 1 aliphatic rings. The van der Waals surface area contributed by atoms with Gasteiger partial charge in [0.15, 0.2) is 0 Å². The van der Waals surface area contributed by atoms with E-state index in [1.807, 2.05) is 60.7 Å². The lowest BCUT2D eigenvalue weighted by Gasteiger charge is -2.19. The molecule has 5 rings (SSSR count). The summed E-state index contributed by atoms with van der Waals surface area (Å²) in [6, 6.07) is 29.5. The Balaban J connectivity index is 1.86. The molecule has 1 atom stereocenters. The fourth-order valence-corrected chi connectivity index (χ4v) is 4.25. The molecule has 0 fully saturated rings. The van der Waals surface area contributed by atoms with Crippen LogP contribution in [0.5, 0.6) is 11.5 Å². The van der Waals surface area contributed by atoms with Crippen LogP contribution < -0.4 is 0 Å². The van der Waals surface area contributed by atoms with E-state index >= 15 is 0 Å². The van der Waals surface area contributed by atoms with Crippen LogP contribution in [-0.2, 0) is 0 Å².